The van der Waals surface area contributed by atoms with Gasteiger partial charge in [0.1, 0.15) is 5.75 Å². The van der Waals surface area contributed by atoms with E-state index in [0.29, 0.717) is 25.9 Å². The molecular formula is C22H26N2O3. The highest BCUT2D eigenvalue weighted by Gasteiger charge is 2.30. The Labute approximate surface area is 160 Å². The number of nitrogens with zero attached hydrogens (tertiary/aromatic N) is 1. The molecule has 0 aromatic heterocycles. The van der Waals surface area contributed by atoms with Crippen molar-refractivity contribution in [1.82, 2.24) is 10.2 Å². The molecule has 27 heavy (non-hydrogen) atoms. The predicted octanol–water partition coefficient (Wildman–Crippen LogP) is 2.51. The first-order valence-corrected chi connectivity index (χ1v) is 9.29. The Kier molecular flexibility index (Phi) is 6.12. The number of likely N-dealkylation sites (tertiary alicyclic amines) is 1. The molecule has 1 fully saturated rings. The van der Waals surface area contributed by atoms with Gasteiger partial charge in [-0.05, 0) is 42.2 Å². The minimum absolute atomic E-state index is 0.0286. The van der Waals surface area contributed by atoms with Gasteiger partial charge in [0.25, 0.3) is 0 Å². The molecule has 1 saturated heterocycles. The molecule has 0 bridgehead atoms. The molecular weight excluding hydrogens is 340 g/mol. The van der Waals surface area contributed by atoms with Gasteiger partial charge in [-0.3, -0.25) is 9.59 Å². The number of methoxy groups -OCH3 is 1. The Morgan fingerprint density at radius 1 is 1.19 bits per heavy atom. The fourth-order valence-corrected chi connectivity index (χ4v) is 3.40. The average molecular weight is 366 g/mol. The summed E-state index contributed by atoms with van der Waals surface area (Å²) in [5.41, 5.74) is 3.29. The Morgan fingerprint density at radius 2 is 1.93 bits per heavy atom. The summed E-state index contributed by atoms with van der Waals surface area (Å²) in [4.78, 5) is 26.4. The smallest absolute Gasteiger partial charge is 0.224 e. The van der Waals surface area contributed by atoms with E-state index in [4.69, 9.17) is 4.74 Å². The lowest BCUT2D eigenvalue weighted by Gasteiger charge is -2.17. The van der Waals surface area contributed by atoms with Crippen LogP contribution in [-0.4, -0.2) is 43.0 Å². The largest absolute Gasteiger partial charge is 0.497 e. The fraction of sp³-hybridized carbons (Fsp3) is 0.364. The van der Waals surface area contributed by atoms with E-state index in [0.717, 1.165) is 28.9 Å². The van der Waals surface area contributed by atoms with Gasteiger partial charge in [-0.1, -0.05) is 36.4 Å². The number of benzene rings is 2. The van der Waals surface area contributed by atoms with Crippen LogP contribution in [0.1, 0.15) is 23.1 Å². The van der Waals surface area contributed by atoms with Crippen LogP contribution in [-0.2, 0) is 22.4 Å². The second-order valence-corrected chi connectivity index (χ2v) is 7.01. The SMILES string of the molecule is COc1ccc(CCN2C[C@@H](NC(=O)Cc3ccccc3C)CC2=O)cc1. The number of rotatable bonds is 7. The van der Waals surface area contributed by atoms with Crippen molar-refractivity contribution in [3.05, 3.63) is 65.2 Å². The van der Waals surface area contributed by atoms with E-state index >= 15 is 0 Å². The van der Waals surface area contributed by atoms with Crippen molar-refractivity contribution >= 4 is 11.8 Å². The summed E-state index contributed by atoms with van der Waals surface area (Å²) in [6.07, 6.45) is 1.52. The standard InChI is InChI=1S/C22H26N2O3/c1-16-5-3-4-6-18(16)13-21(25)23-19-14-22(26)24(15-19)12-11-17-7-9-20(27-2)10-8-17/h3-10,19H,11-15H2,1-2H3,(H,23,25)/t19-/m0/s1. The molecule has 2 amide bonds. The summed E-state index contributed by atoms with van der Waals surface area (Å²) >= 11 is 0. The van der Waals surface area contributed by atoms with Crippen LogP contribution >= 0.6 is 0 Å². The highest BCUT2D eigenvalue weighted by atomic mass is 16.5. The third-order valence-electron chi connectivity index (χ3n) is 5.02. The van der Waals surface area contributed by atoms with Gasteiger partial charge in [-0.15, -0.1) is 0 Å². The molecule has 0 saturated carbocycles. The van der Waals surface area contributed by atoms with Crippen molar-refractivity contribution in [2.24, 2.45) is 0 Å². The summed E-state index contributed by atoms with van der Waals surface area (Å²) in [6, 6.07) is 15.7. The summed E-state index contributed by atoms with van der Waals surface area (Å²) in [6.45, 7) is 3.24. The summed E-state index contributed by atoms with van der Waals surface area (Å²) in [5.74, 6) is 0.899. The molecule has 1 atom stereocenters. The predicted molar refractivity (Wildman–Crippen MR) is 105 cm³/mol. The lowest BCUT2D eigenvalue weighted by Crippen LogP contribution is -2.38. The van der Waals surface area contributed by atoms with Gasteiger partial charge in [0.05, 0.1) is 19.6 Å². The fourth-order valence-electron chi connectivity index (χ4n) is 3.40. The van der Waals surface area contributed by atoms with E-state index in [1.807, 2.05) is 60.4 Å². The van der Waals surface area contributed by atoms with Crippen molar-refractivity contribution in [3.63, 3.8) is 0 Å². The Hall–Kier alpha value is -2.82. The van der Waals surface area contributed by atoms with Crippen LogP contribution in [0.5, 0.6) is 5.75 Å². The topological polar surface area (TPSA) is 58.6 Å². The molecule has 1 N–H and O–H groups in total. The first-order chi connectivity index (χ1) is 13.0. The molecule has 0 aliphatic carbocycles. The van der Waals surface area contributed by atoms with Crippen LogP contribution in [0.3, 0.4) is 0 Å². The molecule has 0 spiro atoms. The monoisotopic (exact) mass is 366 g/mol. The van der Waals surface area contributed by atoms with Crippen LogP contribution in [0.2, 0.25) is 0 Å². The summed E-state index contributed by atoms with van der Waals surface area (Å²) in [7, 11) is 1.64. The van der Waals surface area contributed by atoms with Crippen molar-refractivity contribution in [2.75, 3.05) is 20.2 Å². The number of hydrogen-bond donors (Lipinski definition) is 1. The van der Waals surface area contributed by atoms with Crippen molar-refractivity contribution in [2.45, 2.75) is 32.2 Å². The first kappa shape index (κ1) is 19.0. The first-order valence-electron chi connectivity index (χ1n) is 9.29. The lowest BCUT2D eigenvalue weighted by atomic mass is 10.1. The van der Waals surface area contributed by atoms with Gasteiger partial charge in [0.2, 0.25) is 11.8 Å². The average Bonchev–Trinajstić information content (AvgIpc) is 3.01. The van der Waals surface area contributed by atoms with E-state index in [9.17, 15) is 9.59 Å². The molecule has 3 rings (SSSR count). The number of carbonyl (C=O) groups is 2. The zero-order valence-electron chi connectivity index (χ0n) is 15.9. The van der Waals surface area contributed by atoms with Crippen molar-refractivity contribution < 1.29 is 14.3 Å². The van der Waals surface area contributed by atoms with Gasteiger partial charge in [-0.25, -0.2) is 0 Å². The van der Waals surface area contributed by atoms with Crippen LogP contribution in [0.25, 0.3) is 0 Å². The molecule has 1 heterocycles. The molecule has 0 radical (unpaired) electrons. The van der Waals surface area contributed by atoms with Gasteiger partial charge in [0, 0.05) is 19.5 Å². The zero-order chi connectivity index (χ0) is 19.2. The van der Waals surface area contributed by atoms with E-state index in [-0.39, 0.29) is 17.9 Å². The van der Waals surface area contributed by atoms with E-state index in [1.165, 1.54) is 0 Å². The Balaban J connectivity index is 1.48. The number of nitrogens with one attached hydrogen (secondary N) is 1. The molecule has 2 aromatic carbocycles. The Bertz CT molecular complexity index is 801. The minimum Gasteiger partial charge on any atom is -0.497 e. The maximum Gasteiger partial charge on any atom is 0.224 e. The highest BCUT2D eigenvalue weighted by Crippen LogP contribution is 2.15. The molecule has 142 valence electrons. The molecule has 5 nitrogen and oxygen atoms in total. The summed E-state index contributed by atoms with van der Waals surface area (Å²) < 4.78 is 5.16. The summed E-state index contributed by atoms with van der Waals surface area (Å²) in [5, 5.41) is 3.01. The van der Waals surface area contributed by atoms with Crippen LogP contribution in [0.15, 0.2) is 48.5 Å². The molecule has 5 heteroatoms. The second kappa shape index (κ2) is 8.71. The van der Waals surface area contributed by atoms with E-state index in [2.05, 4.69) is 5.32 Å². The van der Waals surface area contributed by atoms with Crippen LogP contribution in [0, 0.1) is 6.92 Å². The number of amides is 2. The minimum atomic E-state index is -0.107. The van der Waals surface area contributed by atoms with E-state index < -0.39 is 0 Å². The van der Waals surface area contributed by atoms with Crippen LogP contribution < -0.4 is 10.1 Å². The second-order valence-electron chi connectivity index (χ2n) is 7.01. The van der Waals surface area contributed by atoms with Gasteiger partial charge in [0.15, 0.2) is 0 Å². The van der Waals surface area contributed by atoms with Crippen LogP contribution in [0.4, 0.5) is 0 Å². The molecule has 1 aliphatic rings. The molecule has 2 aromatic rings. The zero-order valence-corrected chi connectivity index (χ0v) is 15.9. The third-order valence-corrected chi connectivity index (χ3v) is 5.02. The third kappa shape index (κ3) is 5.09. The van der Waals surface area contributed by atoms with Gasteiger partial charge in [-0.2, -0.15) is 0 Å². The maximum absolute atomic E-state index is 12.3. The van der Waals surface area contributed by atoms with Gasteiger partial charge >= 0.3 is 0 Å². The maximum atomic E-state index is 12.3. The number of aryl methyl sites for hydroxylation is 1. The highest BCUT2D eigenvalue weighted by molar-refractivity contribution is 5.83. The number of hydrogen-bond acceptors (Lipinski definition) is 3. The molecule has 1 aliphatic heterocycles. The van der Waals surface area contributed by atoms with Crippen molar-refractivity contribution in [3.8, 4) is 5.75 Å². The number of carbonyl (C=O) groups excluding carboxylic acids is 2. The quantitative estimate of drug-likeness (QED) is 0.819. The van der Waals surface area contributed by atoms with E-state index in [1.54, 1.807) is 7.11 Å². The lowest BCUT2D eigenvalue weighted by molar-refractivity contribution is -0.127. The number of ether oxygens (including phenoxy) is 1. The Morgan fingerprint density at radius 3 is 2.63 bits per heavy atom. The molecule has 0 unspecified atom stereocenters. The normalized spacial score (nSPS) is 16.4. The van der Waals surface area contributed by atoms with Gasteiger partial charge < -0.3 is 15.0 Å². The van der Waals surface area contributed by atoms with Crippen molar-refractivity contribution in [1.29, 1.82) is 0 Å².